The fourth-order valence-electron chi connectivity index (χ4n) is 0.274. The van der Waals surface area contributed by atoms with Gasteiger partial charge in [0, 0.05) is 19.6 Å². The highest BCUT2D eigenvalue weighted by Crippen LogP contribution is 1.56. The number of nitrogens with two attached hydrogens (primary N) is 1. The Morgan fingerprint density at radius 3 is 2.57 bits per heavy atom. The lowest BCUT2D eigenvalue weighted by molar-refractivity contribution is 0.291. The van der Waals surface area contributed by atoms with Crippen molar-refractivity contribution in [1.82, 2.24) is 5.32 Å². The molecule has 0 saturated heterocycles. The molecule has 0 amide bonds. The Kier molecular flexibility index (Phi) is 5.78. The van der Waals surface area contributed by atoms with Crippen molar-refractivity contribution in [1.29, 1.82) is 0 Å². The smallest absolute Gasteiger partial charge is 0.0572 e. The van der Waals surface area contributed by atoms with E-state index in [0.29, 0.717) is 19.6 Å². The van der Waals surface area contributed by atoms with Crippen molar-refractivity contribution >= 4 is 0 Å². The molecule has 0 aliphatic carbocycles. The number of hydrogen-bond donors (Lipinski definition) is 2. The average molecular weight is 103 g/mol. The largest absolute Gasteiger partial charge is 0.395 e. The predicted octanol–water partition coefficient (Wildman–Crippen LogP) is -1.46. The van der Waals surface area contributed by atoms with E-state index in [4.69, 9.17) is 10.8 Å². The lowest BCUT2D eigenvalue weighted by Crippen LogP contribution is -2.18. The Morgan fingerprint density at radius 2 is 2.14 bits per heavy atom. The summed E-state index contributed by atoms with van der Waals surface area (Å²) in [6.07, 6.45) is 0. The van der Waals surface area contributed by atoms with Crippen molar-refractivity contribution in [3.8, 4) is 0 Å². The summed E-state index contributed by atoms with van der Waals surface area (Å²) in [6, 6.07) is 0. The molecule has 0 rings (SSSR count). The lowest BCUT2D eigenvalue weighted by Gasteiger charge is -1.92. The summed E-state index contributed by atoms with van der Waals surface area (Å²) >= 11 is 0. The van der Waals surface area contributed by atoms with Gasteiger partial charge in [-0.2, -0.15) is 0 Å². The second-order valence-corrected chi connectivity index (χ2v) is 1.18. The maximum absolute atomic E-state index is 8.16. The van der Waals surface area contributed by atoms with Gasteiger partial charge >= 0.3 is 0 Å². The highest BCUT2D eigenvalue weighted by atomic mass is 16.3. The van der Waals surface area contributed by atoms with E-state index in [1.165, 1.54) is 0 Å². The summed E-state index contributed by atoms with van der Waals surface area (Å²) in [5, 5.41) is 12.0. The third-order valence-electron chi connectivity index (χ3n) is 0.545. The molecule has 0 fully saturated rings. The molecule has 0 aromatic heterocycles. The van der Waals surface area contributed by atoms with Crippen LogP contribution in [0.3, 0.4) is 0 Å². The molecule has 43 valence electrons. The van der Waals surface area contributed by atoms with Crippen LogP contribution in [0.15, 0.2) is 0 Å². The van der Waals surface area contributed by atoms with Crippen LogP contribution in [-0.4, -0.2) is 31.3 Å². The van der Waals surface area contributed by atoms with Crippen LogP contribution in [0.25, 0.3) is 0 Å². The zero-order valence-electron chi connectivity index (χ0n) is 4.30. The molecule has 3 heteroatoms. The number of hydrogen-bond acceptors (Lipinski definition) is 2. The minimum absolute atomic E-state index is 0.139. The molecule has 0 aromatic carbocycles. The fourth-order valence-corrected chi connectivity index (χ4v) is 0.274. The zero-order valence-corrected chi connectivity index (χ0v) is 4.30. The van der Waals surface area contributed by atoms with E-state index in [9.17, 15) is 0 Å². The van der Waals surface area contributed by atoms with E-state index < -0.39 is 0 Å². The Morgan fingerprint density at radius 1 is 1.43 bits per heavy atom. The van der Waals surface area contributed by atoms with E-state index >= 15 is 0 Å². The number of aliphatic hydroxyl groups excluding tert-OH is 1. The second kappa shape index (κ2) is 5.88. The monoisotopic (exact) mass is 103 g/mol. The van der Waals surface area contributed by atoms with Gasteiger partial charge in [-0.3, -0.25) is 0 Å². The first kappa shape index (κ1) is 6.88. The van der Waals surface area contributed by atoms with Crippen molar-refractivity contribution in [3.63, 3.8) is 0 Å². The minimum atomic E-state index is 0.139. The molecule has 0 spiro atoms. The molecule has 0 heterocycles. The molecule has 0 unspecified atom stereocenters. The molecular weight excluding hydrogens is 92.1 g/mol. The van der Waals surface area contributed by atoms with E-state index in [1.807, 2.05) is 0 Å². The Balaban J connectivity index is 2.45. The summed E-state index contributed by atoms with van der Waals surface area (Å²) in [5.74, 6) is 0. The van der Waals surface area contributed by atoms with Crippen molar-refractivity contribution in [2.45, 2.75) is 0 Å². The normalized spacial score (nSPS) is 9.43. The molecule has 0 saturated carbocycles. The van der Waals surface area contributed by atoms with Gasteiger partial charge in [0.25, 0.3) is 0 Å². The predicted molar refractivity (Wildman–Crippen MR) is 28.0 cm³/mol. The van der Waals surface area contributed by atoms with E-state index in [1.54, 1.807) is 0 Å². The molecule has 0 aliphatic rings. The van der Waals surface area contributed by atoms with Crippen molar-refractivity contribution in [2.24, 2.45) is 5.73 Å². The Hall–Kier alpha value is -0.120. The van der Waals surface area contributed by atoms with E-state index in [-0.39, 0.29) is 6.61 Å². The van der Waals surface area contributed by atoms with Gasteiger partial charge in [0.2, 0.25) is 0 Å². The molecule has 0 aromatic rings. The van der Waals surface area contributed by atoms with Gasteiger partial charge in [0.05, 0.1) is 6.61 Å². The van der Waals surface area contributed by atoms with Gasteiger partial charge in [0.1, 0.15) is 0 Å². The number of nitrogens with zero attached hydrogens (tertiary/aromatic N) is 1. The van der Waals surface area contributed by atoms with Crippen LogP contribution in [0.2, 0.25) is 0 Å². The molecule has 7 heavy (non-hydrogen) atoms. The molecule has 0 atom stereocenters. The fraction of sp³-hybridized carbons (Fsp3) is 1.00. The number of aliphatic hydroxyl groups is 1. The topological polar surface area (TPSA) is 60.4 Å². The zero-order chi connectivity index (χ0) is 5.54. The van der Waals surface area contributed by atoms with Crippen LogP contribution in [0.5, 0.6) is 0 Å². The van der Waals surface area contributed by atoms with E-state index in [0.717, 1.165) is 0 Å². The molecule has 3 N–H and O–H groups in total. The summed E-state index contributed by atoms with van der Waals surface area (Å²) < 4.78 is 0. The first-order valence-electron chi connectivity index (χ1n) is 2.36. The first-order chi connectivity index (χ1) is 3.41. The van der Waals surface area contributed by atoms with Gasteiger partial charge in [-0.15, -0.1) is 0 Å². The highest BCUT2D eigenvalue weighted by Gasteiger charge is 1.79. The van der Waals surface area contributed by atoms with Gasteiger partial charge in [0.15, 0.2) is 0 Å². The van der Waals surface area contributed by atoms with Crippen LogP contribution in [0.4, 0.5) is 0 Å². The van der Waals surface area contributed by atoms with Crippen LogP contribution in [0.1, 0.15) is 0 Å². The highest BCUT2D eigenvalue weighted by molar-refractivity contribution is 4.42. The van der Waals surface area contributed by atoms with Crippen LogP contribution in [-0.2, 0) is 0 Å². The maximum atomic E-state index is 8.16. The molecule has 3 nitrogen and oxygen atoms in total. The van der Waals surface area contributed by atoms with Crippen molar-refractivity contribution in [2.75, 3.05) is 26.2 Å². The Bertz CT molecular complexity index is 28.9. The quantitative estimate of drug-likeness (QED) is 0.427. The summed E-state index contributed by atoms with van der Waals surface area (Å²) in [4.78, 5) is 0. The SMILES string of the molecule is NCC[N]CCO. The standard InChI is InChI=1S/C4H11N2O/c5-1-2-6-3-4-7/h7H,1-5H2. The van der Waals surface area contributed by atoms with Gasteiger partial charge in [-0.25, -0.2) is 5.32 Å². The van der Waals surface area contributed by atoms with Crippen LogP contribution < -0.4 is 11.1 Å². The van der Waals surface area contributed by atoms with Crippen LogP contribution >= 0.6 is 0 Å². The minimum Gasteiger partial charge on any atom is -0.395 e. The molecular formula is C4H11N2O. The summed E-state index contributed by atoms with van der Waals surface area (Å²) in [5.41, 5.74) is 5.09. The van der Waals surface area contributed by atoms with Gasteiger partial charge < -0.3 is 10.8 Å². The maximum Gasteiger partial charge on any atom is 0.0572 e. The summed E-state index contributed by atoms with van der Waals surface area (Å²) in [7, 11) is 0. The lowest BCUT2D eigenvalue weighted by atomic mass is 10.6. The number of rotatable bonds is 4. The van der Waals surface area contributed by atoms with Crippen molar-refractivity contribution in [3.05, 3.63) is 0 Å². The van der Waals surface area contributed by atoms with Crippen LogP contribution in [0, 0.1) is 0 Å². The third-order valence-corrected chi connectivity index (χ3v) is 0.545. The summed E-state index contributed by atoms with van der Waals surface area (Å²) in [6.45, 7) is 1.91. The molecule has 0 bridgehead atoms. The van der Waals surface area contributed by atoms with Crippen molar-refractivity contribution < 1.29 is 5.11 Å². The molecule has 0 aliphatic heterocycles. The van der Waals surface area contributed by atoms with Gasteiger partial charge in [-0.1, -0.05) is 0 Å². The van der Waals surface area contributed by atoms with E-state index in [2.05, 4.69) is 5.32 Å². The first-order valence-corrected chi connectivity index (χ1v) is 2.36. The Labute approximate surface area is 43.5 Å². The average Bonchev–Trinajstić information content (AvgIpc) is 1.69. The second-order valence-electron chi connectivity index (χ2n) is 1.18. The van der Waals surface area contributed by atoms with Gasteiger partial charge in [-0.05, 0) is 0 Å². The molecule has 1 radical (unpaired) electrons. The third kappa shape index (κ3) is 5.88.